The van der Waals surface area contributed by atoms with E-state index in [0.29, 0.717) is 12.0 Å². The minimum atomic E-state index is 0.241. The summed E-state index contributed by atoms with van der Waals surface area (Å²) in [7, 11) is 4.16. The molecule has 0 aliphatic carbocycles. The fourth-order valence-electron chi connectivity index (χ4n) is 2.37. The SMILES string of the molecule is CCSc1ccc(C(C(CC)CO)N(C)C)cc1. The van der Waals surface area contributed by atoms with Gasteiger partial charge in [0.15, 0.2) is 0 Å². The van der Waals surface area contributed by atoms with Crippen LogP contribution in [0.1, 0.15) is 31.9 Å². The molecule has 18 heavy (non-hydrogen) atoms. The van der Waals surface area contributed by atoms with Crippen molar-refractivity contribution in [3.63, 3.8) is 0 Å². The van der Waals surface area contributed by atoms with Gasteiger partial charge in [-0.05, 0) is 44.0 Å². The summed E-state index contributed by atoms with van der Waals surface area (Å²) >= 11 is 1.86. The largest absolute Gasteiger partial charge is 0.396 e. The van der Waals surface area contributed by atoms with Gasteiger partial charge in [-0.1, -0.05) is 26.0 Å². The first-order valence-electron chi connectivity index (χ1n) is 6.64. The van der Waals surface area contributed by atoms with Gasteiger partial charge in [-0.15, -0.1) is 11.8 Å². The van der Waals surface area contributed by atoms with E-state index in [1.54, 1.807) is 0 Å². The molecule has 0 aromatic heterocycles. The maximum Gasteiger partial charge on any atom is 0.0477 e. The predicted octanol–water partition coefficient (Wildman–Crippen LogP) is 3.42. The second kappa shape index (κ2) is 7.82. The normalized spacial score (nSPS) is 14.8. The molecule has 1 N–H and O–H groups in total. The van der Waals surface area contributed by atoms with E-state index in [1.165, 1.54) is 10.5 Å². The van der Waals surface area contributed by atoms with Crippen molar-refractivity contribution in [3.05, 3.63) is 29.8 Å². The molecule has 0 aliphatic rings. The first-order valence-corrected chi connectivity index (χ1v) is 7.62. The summed E-state index contributed by atoms with van der Waals surface area (Å²) in [6, 6.07) is 9.05. The van der Waals surface area contributed by atoms with Crippen LogP contribution >= 0.6 is 11.8 Å². The molecule has 0 amide bonds. The fraction of sp³-hybridized carbons (Fsp3) is 0.600. The molecule has 1 rings (SSSR count). The molecule has 0 fully saturated rings. The van der Waals surface area contributed by atoms with Crippen LogP contribution in [-0.2, 0) is 0 Å². The lowest BCUT2D eigenvalue weighted by Gasteiger charge is -2.31. The molecule has 2 nitrogen and oxygen atoms in total. The van der Waals surface area contributed by atoms with Crippen LogP contribution in [0.25, 0.3) is 0 Å². The summed E-state index contributed by atoms with van der Waals surface area (Å²) in [5.41, 5.74) is 1.29. The van der Waals surface area contributed by atoms with Gasteiger partial charge in [-0.25, -0.2) is 0 Å². The third-order valence-corrected chi connectivity index (χ3v) is 4.19. The Morgan fingerprint density at radius 2 is 1.78 bits per heavy atom. The maximum absolute atomic E-state index is 9.51. The van der Waals surface area contributed by atoms with Gasteiger partial charge in [-0.3, -0.25) is 0 Å². The van der Waals surface area contributed by atoms with Crippen LogP contribution in [-0.4, -0.2) is 36.5 Å². The van der Waals surface area contributed by atoms with E-state index in [-0.39, 0.29) is 6.61 Å². The molecule has 0 heterocycles. The highest BCUT2D eigenvalue weighted by molar-refractivity contribution is 7.99. The van der Waals surface area contributed by atoms with Crippen molar-refractivity contribution in [2.45, 2.75) is 31.2 Å². The van der Waals surface area contributed by atoms with Crippen molar-refractivity contribution in [3.8, 4) is 0 Å². The minimum absolute atomic E-state index is 0.241. The molecule has 1 aromatic carbocycles. The zero-order valence-electron chi connectivity index (χ0n) is 11.9. The average Bonchev–Trinajstić information content (AvgIpc) is 2.37. The average molecular weight is 267 g/mol. The van der Waals surface area contributed by atoms with Gasteiger partial charge in [-0.2, -0.15) is 0 Å². The molecule has 0 saturated heterocycles. The first-order chi connectivity index (χ1) is 8.63. The van der Waals surface area contributed by atoms with Gasteiger partial charge in [0.05, 0.1) is 0 Å². The Morgan fingerprint density at radius 3 is 2.17 bits per heavy atom. The van der Waals surface area contributed by atoms with Crippen LogP contribution in [0.3, 0.4) is 0 Å². The van der Waals surface area contributed by atoms with E-state index in [1.807, 2.05) is 11.8 Å². The van der Waals surface area contributed by atoms with Crippen molar-refractivity contribution in [1.29, 1.82) is 0 Å². The van der Waals surface area contributed by atoms with E-state index in [2.05, 4.69) is 57.1 Å². The number of rotatable bonds is 7. The first kappa shape index (κ1) is 15.5. The van der Waals surface area contributed by atoms with Crippen molar-refractivity contribution in [1.82, 2.24) is 4.90 Å². The van der Waals surface area contributed by atoms with Gasteiger partial charge in [0.2, 0.25) is 0 Å². The van der Waals surface area contributed by atoms with Crippen LogP contribution in [0.15, 0.2) is 29.2 Å². The third-order valence-electron chi connectivity index (χ3n) is 3.29. The Bertz CT molecular complexity index is 333. The highest BCUT2D eigenvalue weighted by Gasteiger charge is 2.23. The Kier molecular flexibility index (Phi) is 6.76. The smallest absolute Gasteiger partial charge is 0.0477 e. The Labute approximate surface area is 115 Å². The van der Waals surface area contributed by atoms with Gasteiger partial charge >= 0.3 is 0 Å². The van der Waals surface area contributed by atoms with Crippen LogP contribution in [0.2, 0.25) is 0 Å². The summed E-state index contributed by atoms with van der Waals surface area (Å²) in [5.74, 6) is 1.40. The number of hydrogen-bond donors (Lipinski definition) is 1. The second-order valence-electron chi connectivity index (χ2n) is 4.76. The molecule has 0 spiro atoms. The van der Waals surface area contributed by atoms with Crippen LogP contribution < -0.4 is 0 Å². The highest BCUT2D eigenvalue weighted by Crippen LogP contribution is 2.30. The second-order valence-corrected chi connectivity index (χ2v) is 6.10. The Balaban J connectivity index is 2.92. The van der Waals surface area contributed by atoms with Crippen molar-refractivity contribution in [2.75, 3.05) is 26.5 Å². The van der Waals surface area contributed by atoms with Gasteiger partial charge in [0, 0.05) is 23.5 Å². The number of hydrogen-bond acceptors (Lipinski definition) is 3. The molecule has 0 radical (unpaired) electrons. The summed E-state index contributed by atoms with van der Waals surface area (Å²) in [6.45, 7) is 4.55. The standard InChI is InChI=1S/C15H25NOS/c1-5-12(11-17)15(16(3)4)13-7-9-14(10-8-13)18-6-2/h7-10,12,15,17H,5-6,11H2,1-4H3. The number of aliphatic hydroxyl groups is 1. The van der Waals surface area contributed by atoms with Crippen LogP contribution in [0.5, 0.6) is 0 Å². The molecule has 0 bridgehead atoms. The number of thioether (sulfide) groups is 1. The summed E-state index contributed by atoms with van der Waals surface area (Å²) in [4.78, 5) is 3.52. The molecule has 102 valence electrons. The van der Waals surface area contributed by atoms with Crippen molar-refractivity contribution >= 4 is 11.8 Å². The quantitative estimate of drug-likeness (QED) is 0.766. The molecular formula is C15H25NOS. The van der Waals surface area contributed by atoms with Crippen LogP contribution in [0, 0.1) is 5.92 Å². The molecule has 2 unspecified atom stereocenters. The summed E-state index contributed by atoms with van der Waals surface area (Å²) in [5, 5.41) is 9.51. The van der Waals surface area contributed by atoms with Gasteiger partial charge in [0.25, 0.3) is 0 Å². The minimum Gasteiger partial charge on any atom is -0.396 e. The zero-order chi connectivity index (χ0) is 13.5. The van der Waals surface area contributed by atoms with E-state index in [4.69, 9.17) is 0 Å². The van der Waals surface area contributed by atoms with Gasteiger partial charge < -0.3 is 10.0 Å². The fourth-order valence-corrected chi connectivity index (χ4v) is 3.03. The Morgan fingerprint density at radius 1 is 1.17 bits per heavy atom. The van der Waals surface area contributed by atoms with Gasteiger partial charge in [0.1, 0.15) is 0 Å². The molecule has 3 heteroatoms. The lowest BCUT2D eigenvalue weighted by molar-refractivity contribution is 0.130. The van der Waals surface area contributed by atoms with E-state index < -0.39 is 0 Å². The van der Waals surface area contributed by atoms with E-state index in [0.717, 1.165) is 12.2 Å². The van der Waals surface area contributed by atoms with Crippen molar-refractivity contribution in [2.24, 2.45) is 5.92 Å². The molecular weight excluding hydrogens is 242 g/mol. The Hall–Kier alpha value is -0.510. The zero-order valence-corrected chi connectivity index (χ0v) is 12.7. The lowest BCUT2D eigenvalue weighted by Crippen LogP contribution is -2.29. The summed E-state index contributed by atoms with van der Waals surface area (Å²) < 4.78 is 0. The van der Waals surface area contributed by atoms with E-state index in [9.17, 15) is 5.11 Å². The number of nitrogens with zero attached hydrogens (tertiary/aromatic N) is 1. The summed E-state index contributed by atoms with van der Waals surface area (Å²) in [6.07, 6.45) is 0.991. The molecule has 2 atom stereocenters. The predicted molar refractivity (Wildman–Crippen MR) is 80.1 cm³/mol. The highest BCUT2D eigenvalue weighted by atomic mass is 32.2. The lowest BCUT2D eigenvalue weighted by atomic mass is 9.91. The topological polar surface area (TPSA) is 23.5 Å². The van der Waals surface area contributed by atoms with Crippen molar-refractivity contribution < 1.29 is 5.11 Å². The maximum atomic E-state index is 9.51. The monoisotopic (exact) mass is 267 g/mol. The molecule has 0 aliphatic heterocycles. The number of aliphatic hydroxyl groups excluding tert-OH is 1. The third kappa shape index (κ3) is 4.01. The molecule has 1 aromatic rings. The number of benzene rings is 1. The molecule has 0 saturated carbocycles. The van der Waals surface area contributed by atoms with Crippen LogP contribution in [0.4, 0.5) is 0 Å². The van der Waals surface area contributed by atoms with E-state index >= 15 is 0 Å².